The van der Waals surface area contributed by atoms with Gasteiger partial charge in [0.25, 0.3) is 5.91 Å². The normalized spacial score (nSPS) is 11.3. The minimum Gasteiger partial charge on any atom is -0.480 e. The number of rotatable bonds is 4. The molecule has 1 aromatic heterocycles. The maximum absolute atomic E-state index is 12.9. The lowest BCUT2D eigenvalue weighted by molar-refractivity contribution is -0.137. The molecule has 0 atom stereocenters. The summed E-state index contributed by atoms with van der Waals surface area (Å²) in [4.78, 5) is 16.0. The Morgan fingerprint density at radius 3 is 2.28 bits per heavy atom. The Balaban J connectivity index is 2.14. The van der Waals surface area contributed by atoms with Crippen molar-refractivity contribution in [2.75, 3.05) is 11.9 Å². The number of anilines is 1. The highest BCUT2D eigenvalue weighted by molar-refractivity contribution is 6.37. The zero-order valence-corrected chi connectivity index (χ0v) is 14.7. The number of carbonyl (C=O) groups is 1. The first-order valence-electron chi connectivity index (χ1n) is 7.02. The van der Waals surface area contributed by atoms with Gasteiger partial charge in [0.15, 0.2) is 12.4 Å². The first kappa shape index (κ1) is 19.3. The highest BCUT2D eigenvalue weighted by Crippen LogP contribution is 2.37. The summed E-state index contributed by atoms with van der Waals surface area (Å²) in [5.74, 6) is -0.719. The fourth-order valence-corrected chi connectivity index (χ4v) is 2.50. The van der Waals surface area contributed by atoms with E-state index in [1.165, 1.54) is 12.1 Å². The number of hydrogen-bond donors (Lipinski definition) is 1. The van der Waals surface area contributed by atoms with Gasteiger partial charge in [-0.05, 0) is 26.0 Å². The van der Waals surface area contributed by atoms with E-state index in [0.29, 0.717) is 11.4 Å². The van der Waals surface area contributed by atoms with E-state index in [-0.39, 0.29) is 21.5 Å². The molecule has 134 valence electrons. The number of hydrogen-bond acceptors (Lipinski definition) is 3. The highest BCUT2D eigenvalue weighted by Gasteiger charge is 2.33. The third-order valence-electron chi connectivity index (χ3n) is 3.22. The molecule has 0 aliphatic carbocycles. The van der Waals surface area contributed by atoms with Crippen LogP contribution in [0.1, 0.15) is 17.0 Å². The van der Waals surface area contributed by atoms with Gasteiger partial charge in [-0.2, -0.15) is 13.2 Å². The van der Waals surface area contributed by atoms with Gasteiger partial charge < -0.3 is 10.1 Å². The maximum atomic E-state index is 12.9. The van der Waals surface area contributed by atoms with E-state index in [1.54, 1.807) is 13.8 Å². The standard InChI is InChI=1S/C16H13Cl2F3N2O2/c1-8-13(17)15(14(18)9(2)22-8)25-7-12(24)23-11-6-4-3-5-10(11)16(19,20)21/h3-6H,7H2,1-2H3,(H,23,24). The van der Waals surface area contributed by atoms with Crippen LogP contribution in [0, 0.1) is 13.8 Å². The second-order valence-electron chi connectivity index (χ2n) is 5.12. The first-order valence-corrected chi connectivity index (χ1v) is 7.78. The van der Waals surface area contributed by atoms with Crippen LogP contribution >= 0.6 is 23.2 Å². The Hall–Kier alpha value is -1.99. The van der Waals surface area contributed by atoms with Crippen molar-refractivity contribution in [3.8, 4) is 5.75 Å². The minimum absolute atomic E-state index is 0.0626. The Morgan fingerprint density at radius 2 is 1.72 bits per heavy atom. The summed E-state index contributed by atoms with van der Waals surface area (Å²) in [5, 5.41) is 2.45. The number of alkyl halides is 3. The Labute approximate surface area is 151 Å². The van der Waals surface area contributed by atoms with Crippen LogP contribution in [0.15, 0.2) is 24.3 Å². The highest BCUT2D eigenvalue weighted by atomic mass is 35.5. The van der Waals surface area contributed by atoms with Gasteiger partial charge >= 0.3 is 6.18 Å². The molecule has 1 heterocycles. The second-order valence-corrected chi connectivity index (χ2v) is 5.88. The van der Waals surface area contributed by atoms with Crippen LogP contribution in [0.5, 0.6) is 5.75 Å². The number of para-hydroxylation sites is 1. The molecule has 0 spiro atoms. The predicted molar refractivity (Wildman–Crippen MR) is 89.3 cm³/mol. The van der Waals surface area contributed by atoms with Gasteiger partial charge in [-0.3, -0.25) is 9.78 Å². The molecule has 25 heavy (non-hydrogen) atoms. The monoisotopic (exact) mass is 392 g/mol. The Bertz CT molecular complexity index is 784. The molecule has 0 saturated carbocycles. The maximum Gasteiger partial charge on any atom is 0.418 e. The molecule has 1 N–H and O–H groups in total. The van der Waals surface area contributed by atoms with Gasteiger partial charge in [-0.1, -0.05) is 35.3 Å². The summed E-state index contributed by atoms with van der Waals surface area (Å²) in [5.41, 5.74) is -0.388. The predicted octanol–water partition coefficient (Wildman–Crippen LogP) is 5.04. The molecule has 0 aliphatic rings. The quantitative estimate of drug-likeness (QED) is 0.792. The lowest BCUT2D eigenvalue weighted by Crippen LogP contribution is -2.22. The van der Waals surface area contributed by atoms with Crippen molar-refractivity contribution in [1.82, 2.24) is 4.98 Å². The molecule has 0 saturated heterocycles. The zero-order valence-electron chi connectivity index (χ0n) is 13.2. The van der Waals surface area contributed by atoms with Crippen molar-refractivity contribution in [3.05, 3.63) is 51.3 Å². The number of pyridine rings is 1. The molecule has 1 aromatic carbocycles. The average Bonchev–Trinajstić information content (AvgIpc) is 2.52. The van der Waals surface area contributed by atoms with Crippen molar-refractivity contribution in [2.24, 2.45) is 0 Å². The molecule has 2 rings (SSSR count). The molecule has 1 amide bonds. The van der Waals surface area contributed by atoms with E-state index >= 15 is 0 Å². The van der Waals surface area contributed by atoms with E-state index in [0.717, 1.165) is 12.1 Å². The largest absolute Gasteiger partial charge is 0.480 e. The van der Waals surface area contributed by atoms with Crippen LogP contribution in [-0.4, -0.2) is 17.5 Å². The van der Waals surface area contributed by atoms with E-state index in [1.807, 2.05) is 0 Å². The van der Waals surface area contributed by atoms with E-state index in [9.17, 15) is 18.0 Å². The van der Waals surface area contributed by atoms with Crippen molar-refractivity contribution in [2.45, 2.75) is 20.0 Å². The molecule has 0 bridgehead atoms. The number of nitrogens with zero attached hydrogens (tertiary/aromatic N) is 1. The van der Waals surface area contributed by atoms with E-state index in [2.05, 4.69) is 10.3 Å². The summed E-state index contributed by atoms with van der Waals surface area (Å²) in [6.07, 6.45) is -4.59. The van der Waals surface area contributed by atoms with Crippen LogP contribution in [0.25, 0.3) is 0 Å². The summed E-state index contributed by atoms with van der Waals surface area (Å²) in [6, 6.07) is 4.65. The van der Waals surface area contributed by atoms with Crippen LogP contribution in [-0.2, 0) is 11.0 Å². The average molecular weight is 393 g/mol. The van der Waals surface area contributed by atoms with Gasteiger partial charge in [0.2, 0.25) is 0 Å². The van der Waals surface area contributed by atoms with Crippen LogP contribution in [0.3, 0.4) is 0 Å². The van der Waals surface area contributed by atoms with Crippen LogP contribution in [0.4, 0.5) is 18.9 Å². The first-order chi connectivity index (χ1) is 11.6. The summed E-state index contributed by atoms with van der Waals surface area (Å²) >= 11 is 12.1. The van der Waals surface area contributed by atoms with Crippen molar-refractivity contribution < 1.29 is 22.7 Å². The fraction of sp³-hybridized carbons (Fsp3) is 0.250. The molecule has 0 fully saturated rings. The van der Waals surface area contributed by atoms with Gasteiger partial charge in [0.05, 0.1) is 22.6 Å². The molecule has 0 unspecified atom stereocenters. The molecule has 0 aliphatic heterocycles. The number of carbonyl (C=O) groups excluding carboxylic acids is 1. The van der Waals surface area contributed by atoms with Gasteiger partial charge in [-0.15, -0.1) is 0 Å². The van der Waals surface area contributed by atoms with Crippen LogP contribution < -0.4 is 10.1 Å². The third-order valence-corrected chi connectivity index (χ3v) is 4.11. The minimum atomic E-state index is -4.59. The van der Waals surface area contributed by atoms with Crippen molar-refractivity contribution in [3.63, 3.8) is 0 Å². The van der Waals surface area contributed by atoms with E-state index in [4.69, 9.17) is 27.9 Å². The smallest absolute Gasteiger partial charge is 0.418 e. The molecular formula is C16H13Cl2F3N2O2. The van der Waals surface area contributed by atoms with Gasteiger partial charge in [0.1, 0.15) is 10.0 Å². The number of aromatic nitrogens is 1. The molecular weight excluding hydrogens is 380 g/mol. The summed E-state index contributed by atoms with van der Waals surface area (Å²) in [6.45, 7) is 2.71. The van der Waals surface area contributed by atoms with E-state index < -0.39 is 24.3 Å². The lowest BCUT2D eigenvalue weighted by Gasteiger charge is -2.15. The summed E-state index contributed by atoms with van der Waals surface area (Å²) < 4.78 is 44.1. The molecule has 9 heteroatoms. The number of nitrogens with one attached hydrogen (secondary N) is 1. The topological polar surface area (TPSA) is 51.2 Å². The van der Waals surface area contributed by atoms with Crippen LogP contribution in [0.2, 0.25) is 10.0 Å². The Kier molecular flexibility index (Phi) is 5.80. The second kappa shape index (κ2) is 7.49. The number of benzene rings is 1. The SMILES string of the molecule is Cc1nc(C)c(Cl)c(OCC(=O)Nc2ccccc2C(F)(F)F)c1Cl. The summed E-state index contributed by atoms with van der Waals surface area (Å²) in [7, 11) is 0. The van der Waals surface area contributed by atoms with Crippen molar-refractivity contribution in [1.29, 1.82) is 0 Å². The number of ether oxygens (including phenoxy) is 1. The molecule has 0 radical (unpaired) electrons. The molecule has 2 aromatic rings. The Morgan fingerprint density at radius 1 is 1.16 bits per heavy atom. The fourth-order valence-electron chi connectivity index (χ4n) is 2.06. The number of amides is 1. The molecule has 4 nitrogen and oxygen atoms in total. The van der Waals surface area contributed by atoms with Crippen molar-refractivity contribution >= 4 is 34.8 Å². The lowest BCUT2D eigenvalue weighted by atomic mass is 10.1. The number of halogens is 5. The zero-order chi connectivity index (χ0) is 18.8. The van der Waals surface area contributed by atoms with Gasteiger partial charge in [0, 0.05) is 0 Å². The third kappa shape index (κ3) is 4.55. The van der Waals surface area contributed by atoms with Gasteiger partial charge in [-0.25, -0.2) is 0 Å². The number of aryl methyl sites for hydroxylation is 2.